The van der Waals surface area contributed by atoms with Crippen molar-refractivity contribution in [3.05, 3.63) is 59.7 Å². The average molecular weight is 779 g/mol. The van der Waals surface area contributed by atoms with Crippen LogP contribution in [0.4, 0.5) is 32.6 Å². The highest BCUT2D eigenvalue weighted by atomic mass is 16.5. The van der Waals surface area contributed by atoms with Crippen molar-refractivity contribution < 1.29 is 28.5 Å². The van der Waals surface area contributed by atoms with E-state index in [0.29, 0.717) is 74.4 Å². The minimum atomic E-state index is -0.442. The molecule has 4 aromatic rings. The number of ether oxygens (including phenoxy) is 4. The first-order valence-electron chi connectivity index (χ1n) is 20.0. The van der Waals surface area contributed by atoms with E-state index in [1.807, 2.05) is 50.2 Å². The van der Waals surface area contributed by atoms with E-state index in [1.165, 1.54) is 10.0 Å². The third-order valence-electron chi connectivity index (χ3n) is 10.6. The Kier molecular flexibility index (Phi) is 11.5. The lowest BCUT2D eigenvalue weighted by Crippen LogP contribution is -2.52. The molecule has 4 aliphatic heterocycles. The zero-order valence-electron chi connectivity index (χ0n) is 32.8. The molecule has 1 unspecified atom stereocenters. The molecule has 16 heteroatoms. The Balaban J connectivity index is 0.931. The van der Waals surface area contributed by atoms with Gasteiger partial charge in [-0.25, -0.2) is 29.6 Å². The third-order valence-corrected chi connectivity index (χ3v) is 10.6. The van der Waals surface area contributed by atoms with E-state index in [0.717, 1.165) is 79.2 Å². The first-order valence-corrected chi connectivity index (χ1v) is 20.0. The largest absolute Gasteiger partial charge is 0.477 e. The van der Waals surface area contributed by atoms with E-state index < -0.39 is 12.1 Å². The number of nitrogens with one attached hydrogen (secondary N) is 2. The van der Waals surface area contributed by atoms with Gasteiger partial charge in [0.15, 0.2) is 11.6 Å². The fourth-order valence-corrected chi connectivity index (χ4v) is 7.62. The maximum Gasteiger partial charge on any atom is 0.340 e. The number of benzene rings is 2. The summed E-state index contributed by atoms with van der Waals surface area (Å²) in [4.78, 5) is 51.3. The number of hydrogen-bond donors (Lipinski definition) is 2. The molecule has 0 spiro atoms. The molecular weight excluding hydrogens is 729 g/mol. The zero-order valence-corrected chi connectivity index (χ0v) is 32.8. The van der Waals surface area contributed by atoms with Gasteiger partial charge >= 0.3 is 12.1 Å². The van der Waals surface area contributed by atoms with Gasteiger partial charge in [0.25, 0.3) is 0 Å². The molecule has 2 aromatic heterocycles. The SMILES string of the molecule is CCN(C(=O)Nc1ccc(-c2nc3c(c(N4CCOCC4)n2)CCCO3)cc1)N(CC)C(=O)Nc1ccc(-c2nc3c(c(N4CCOCC4C)n2)CCCO3)cc1. The number of aromatic nitrogens is 4. The summed E-state index contributed by atoms with van der Waals surface area (Å²) in [6, 6.07) is 14.0. The van der Waals surface area contributed by atoms with Gasteiger partial charge in [0, 0.05) is 55.2 Å². The molecule has 57 heavy (non-hydrogen) atoms. The summed E-state index contributed by atoms with van der Waals surface area (Å²) in [6.45, 7) is 12.4. The van der Waals surface area contributed by atoms with Gasteiger partial charge in [-0.05, 0) is 95.0 Å². The Hall–Kier alpha value is -5.74. The normalized spacial score (nSPS) is 17.7. The monoisotopic (exact) mass is 778 g/mol. The Morgan fingerprint density at radius 1 is 0.667 bits per heavy atom. The number of carbonyl (C=O) groups excluding carboxylic acids is 2. The first-order chi connectivity index (χ1) is 27.9. The summed E-state index contributed by atoms with van der Waals surface area (Å²) in [5, 5.41) is 8.64. The summed E-state index contributed by atoms with van der Waals surface area (Å²) in [5.74, 6) is 4.16. The molecule has 2 fully saturated rings. The molecule has 1 atom stereocenters. The van der Waals surface area contributed by atoms with Crippen molar-refractivity contribution in [1.29, 1.82) is 0 Å². The number of rotatable bonds is 8. The second-order valence-electron chi connectivity index (χ2n) is 14.4. The van der Waals surface area contributed by atoms with Crippen LogP contribution in [0.5, 0.6) is 11.8 Å². The summed E-state index contributed by atoms with van der Waals surface area (Å²) in [6.07, 6.45) is 3.59. The topological polar surface area (TPSA) is 160 Å². The fourth-order valence-electron chi connectivity index (χ4n) is 7.62. The summed E-state index contributed by atoms with van der Waals surface area (Å²) < 4.78 is 23.2. The zero-order chi connectivity index (χ0) is 39.3. The van der Waals surface area contributed by atoms with E-state index >= 15 is 0 Å². The molecule has 0 aliphatic carbocycles. The van der Waals surface area contributed by atoms with Crippen molar-refractivity contribution in [3.63, 3.8) is 0 Å². The molecule has 0 radical (unpaired) electrons. The number of anilines is 4. The van der Waals surface area contributed by atoms with E-state index in [1.54, 1.807) is 12.1 Å². The predicted molar refractivity (Wildman–Crippen MR) is 216 cm³/mol. The first kappa shape index (κ1) is 38.1. The van der Waals surface area contributed by atoms with Crippen LogP contribution < -0.4 is 29.9 Å². The highest BCUT2D eigenvalue weighted by Gasteiger charge is 2.29. The lowest BCUT2D eigenvalue weighted by molar-refractivity contribution is 0.0679. The number of amides is 4. The van der Waals surface area contributed by atoms with Crippen LogP contribution in [0, 0.1) is 0 Å². The molecule has 16 nitrogen and oxygen atoms in total. The second-order valence-corrected chi connectivity index (χ2v) is 14.4. The van der Waals surface area contributed by atoms with Gasteiger partial charge in [-0.1, -0.05) is 0 Å². The lowest BCUT2D eigenvalue weighted by Gasteiger charge is -2.36. The molecule has 2 N–H and O–H groups in total. The Morgan fingerprint density at radius 3 is 1.67 bits per heavy atom. The molecule has 2 saturated heterocycles. The van der Waals surface area contributed by atoms with Gasteiger partial charge in [0.2, 0.25) is 11.8 Å². The average Bonchev–Trinajstić information content (AvgIpc) is 3.25. The Bertz CT molecular complexity index is 2060. The smallest absolute Gasteiger partial charge is 0.340 e. The predicted octanol–water partition coefficient (Wildman–Crippen LogP) is 5.64. The maximum atomic E-state index is 13.6. The van der Waals surface area contributed by atoms with Crippen molar-refractivity contribution in [3.8, 4) is 34.5 Å². The van der Waals surface area contributed by atoms with Crippen molar-refractivity contribution >= 4 is 35.1 Å². The number of hydrazine groups is 1. The number of hydrogen-bond acceptors (Lipinski definition) is 12. The molecular formula is C41H50N10O6. The Morgan fingerprint density at radius 2 is 1.16 bits per heavy atom. The van der Waals surface area contributed by atoms with Gasteiger partial charge < -0.3 is 39.4 Å². The molecule has 6 heterocycles. The van der Waals surface area contributed by atoms with Crippen LogP contribution in [0.1, 0.15) is 44.7 Å². The maximum absolute atomic E-state index is 13.6. The van der Waals surface area contributed by atoms with Crippen LogP contribution in [-0.4, -0.2) is 120 Å². The van der Waals surface area contributed by atoms with Crippen LogP contribution in [0.25, 0.3) is 22.8 Å². The highest BCUT2D eigenvalue weighted by molar-refractivity contribution is 5.94. The minimum Gasteiger partial charge on any atom is -0.477 e. The number of carbonyl (C=O) groups is 2. The van der Waals surface area contributed by atoms with Gasteiger partial charge in [-0.15, -0.1) is 0 Å². The van der Waals surface area contributed by atoms with E-state index in [9.17, 15) is 9.59 Å². The second kappa shape index (κ2) is 17.2. The van der Waals surface area contributed by atoms with Gasteiger partial charge in [-0.2, -0.15) is 9.97 Å². The molecule has 0 saturated carbocycles. The van der Waals surface area contributed by atoms with Crippen molar-refractivity contribution in [1.82, 2.24) is 30.0 Å². The number of urea groups is 2. The number of nitrogens with zero attached hydrogens (tertiary/aromatic N) is 8. The lowest BCUT2D eigenvalue weighted by atomic mass is 10.1. The van der Waals surface area contributed by atoms with Crippen molar-refractivity contribution in [2.24, 2.45) is 0 Å². The number of fused-ring (bicyclic) bond motifs is 2. The molecule has 0 bridgehead atoms. The summed E-state index contributed by atoms with van der Waals surface area (Å²) >= 11 is 0. The minimum absolute atomic E-state index is 0.183. The van der Waals surface area contributed by atoms with Crippen molar-refractivity contribution in [2.45, 2.75) is 52.5 Å². The van der Waals surface area contributed by atoms with E-state index in [-0.39, 0.29) is 19.1 Å². The van der Waals surface area contributed by atoms with Gasteiger partial charge in [0.1, 0.15) is 11.6 Å². The molecule has 300 valence electrons. The van der Waals surface area contributed by atoms with Crippen LogP contribution in [0.3, 0.4) is 0 Å². The quantitative estimate of drug-likeness (QED) is 0.213. The highest BCUT2D eigenvalue weighted by Crippen LogP contribution is 2.36. The van der Waals surface area contributed by atoms with Crippen LogP contribution in [0.2, 0.25) is 0 Å². The van der Waals surface area contributed by atoms with E-state index in [2.05, 4.69) is 27.4 Å². The fraction of sp³-hybridized carbons (Fsp3) is 0.463. The van der Waals surface area contributed by atoms with Crippen molar-refractivity contribution in [2.75, 3.05) is 92.8 Å². The molecule has 4 amide bonds. The Labute approximate surface area is 332 Å². The summed E-state index contributed by atoms with van der Waals surface area (Å²) in [5.41, 5.74) is 4.81. The summed E-state index contributed by atoms with van der Waals surface area (Å²) in [7, 11) is 0. The van der Waals surface area contributed by atoms with Crippen LogP contribution in [-0.2, 0) is 22.3 Å². The molecule has 8 rings (SSSR count). The number of morpholine rings is 2. The van der Waals surface area contributed by atoms with Crippen LogP contribution >= 0.6 is 0 Å². The standard InChI is InChI=1S/C41H50N10O6/c1-4-50(40(52)42-30-14-10-28(11-15-30)34-44-36(48-18-23-54-24-19-48)32-8-6-21-56-38(32)46-34)51(5-2)41(53)43-31-16-12-29(13-17-31)35-45-37(49-20-25-55-26-27(49)3)33-9-7-22-57-39(33)47-35/h10-17,27H,4-9,18-26H2,1-3H3,(H,42,52)(H,43,53). The third kappa shape index (κ3) is 8.23. The molecule has 2 aromatic carbocycles. The van der Waals surface area contributed by atoms with Gasteiger partial charge in [0.05, 0.1) is 56.8 Å². The van der Waals surface area contributed by atoms with Crippen LogP contribution in [0.15, 0.2) is 48.5 Å². The van der Waals surface area contributed by atoms with Gasteiger partial charge in [-0.3, -0.25) is 0 Å². The molecule has 4 aliphatic rings. The van der Waals surface area contributed by atoms with E-state index in [4.69, 9.17) is 38.9 Å².